The predicted molar refractivity (Wildman–Crippen MR) is 45.5 cm³/mol. The first-order valence-corrected chi connectivity index (χ1v) is 4.19. The number of pyridine rings is 1. The largest absolute Gasteiger partial charge is 0.264 e. The lowest BCUT2D eigenvalue weighted by molar-refractivity contribution is 0.627. The van der Waals surface area contributed by atoms with Crippen LogP contribution >= 0.6 is 0 Å². The Bertz CT molecular complexity index is 278. The second kappa shape index (κ2) is 2.33. The fourth-order valence-corrected chi connectivity index (χ4v) is 1.91. The SMILES string of the molecule is Cc1cncc2c1CC(C)C2. The maximum atomic E-state index is 4.19. The van der Waals surface area contributed by atoms with E-state index in [1.54, 1.807) is 5.56 Å². The van der Waals surface area contributed by atoms with Gasteiger partial charge in [-0.3, -0.25) is 4.98 Å². The van der Waals surface area contributed by atoms with Gasteiger partial charge in [-0.15, -0.1) is 0 Å². The molecule has 1 aliphatic rings. The van der Waals surface area contributed by atoms with Crippen LogP contribution in [0.1, 0.15) is 23.6 Å². The van der Waals surface area contributed by atoms with Gasteiger partial charge < -0.3 is 0 Å². The van der Waals surface area contributed by atoms with Crippen LogP contribution in [0.5, 0.6) is 0 Å². The fourth-order valence-electron chi connectivity index (χ4n) is 1.91. The van der Waals surface area contributed by atoms with Crippen molar-refractivity contribution in [2.24, 2.45) is 5.92 Å². The van der Waals surface area contributed by atoms with E-state index >= 15 is 0 Å². The smallest absolute Gasteiger partial charge is 0.0302 e. The Kier molecular flexibility index (Phi) is 1.45. The minimum absolute atomic E-state index is 0.827. The molecule has 1 heteroatoms. The van der Waals surface area contributed by atoms with E-state index in [1.165, 1.54) is 24.0 Å². The van der Waals surface area contributed by atoms with E-state index in [9.17, 15) is 0 Å². The molecule has 0 spiro atoms. The normalized spacial score (nSPS) is 21.8. The summed E-state index contributed by atoms with van der Waals surface area (Å²) in [5.74, 6) is 0.827. The molecule has 0 saturated heterocycles. The lowest BCUT2D eigenvalue weighted by Crippen LogP contribution is -1.90. The third-order valence-corrected chi connectivity index (χ3v) is 2.48. The first-order chi connectivity index (χ1) is 5.27. The van der Waals surface area contributed by atoms with Crippen molar-refractivity contribution in [3.05, 3.63) is 29.1 Å². The minimum Gasteiger partial charge on any atom is -0.264 e. The molecule has 1 unspecified atom stereocenters. The van der Waals surface area contributed by atoms with E-state index in [-0.39, 0.29) is 0 Å². The van der Waals surface area contributed by atoms with Crippen LogP contribution in [0, 0.1) is 12.8 Å². The maximum Gasteiger partial charge on any atom is 0.0302 e. The molecule has 2 rings (SSSR count). The number of aryl methyl sites for hydroxylation is 1. The predicted octanol–water partition coefficient (Wildman–Crippen LogP) is 2.12. The van der Waals surface area contributed by atoms with Crippen molar-refractivity contribution in [1.29, 1.82) is 0 Å². The maximum absolute atomic E-state index is 4.19. The van der Waals surface area contributed by atoms with Crippen LogP contribution < -0.4 is 0 Å². The van der Waals surface area contributed by atoms with Crippen LogP contribution in [0.2, 0.25) is 0 Å². The van der Waals surface area contributed by atoms with Crippen LogP contribution in [0.15, 0.2) is 12.4 Å². The molecule has 1 aliphatic carbocycles. The first-order valence-electron chi connectivity index (χ1n) is 4.19. The minimum atomic E-state index is 0.827. The van der Waals surface area contributed by atoms with Crippen molar-refractivity contribution in [2.75, 3.05) is 0 Å². The van der Waals surface area contributed by atoms with E-state index in [2.05, 4.69) is 18.8 Å². The van der Waals surface area contributed by atoms with Gasteiger partial charge >= 0.3 is 0 Å². The Balaban J connectivity index is 2.49. The molecule has 1 aromatic rings. The van der Waals surface area contributed by atoms with Crippen molar-refractivity contribution in [1.82, 2.24) is 4.98 Å². The molecule has 1 heterocycles. The second-order valence-corrected chi connectivity index (χ2v) is 3.61. The Labute approximate surface area is 67.5 Å². The zero-order valence-electron chi connectivity index (χ0n) is 7.09. The van der Waals surface area contributed by atoms with E-state index in [0.29, 0.717) is 0 Å². The van der Waals surface area contributed by atoms with Crippen LogP contribution in [0.3, 0.4) is 0 Å². The van der Waals surface area contributed by atoms with Gasteiger partial charge in [-0.05, 0) is 42.4 Å². The van der Waals surface area contributed by atoms with Crippen LogP contribution in [0.4, 0.5) is 0 Å². The molecule has 1 aromatic heterocycles. The van der Waals surface area contributed by atoms with Crippen molar-refractivity contribution in [2.45, 2.75) is 26.7 Å². The van der Waals surface area contributed by atoms with Crippen LogP contribution in [-0.2, 0) is 12.8 Å². The Morgan fingerprint density at radius 1 is 1.36 bits per heavy atom. The molecule has 0 saturated carbocycles. The molecule has 0 bridgehead atoms. The number of fused-ring (bicyclic) bond motifs is 1. The molecule has 11 heavy (non-hydrogen) atoms. The highest BCUT2D eigenvalue weighted by Gasteiger charge is 2.18. The van der Waals surface area contributed by atoms with Gasteiger partial charge in [0.1, 0.15) is 0 Å². The summed E-state index contributed by atoms with van der Waals surface area (Å²) in [7, 11) is 0. The Hall–Kier alpha value is -0.850. The highest BCUT2D eigenvalue weighted by Crippen LogP contribution is 2.27. The summed E-state index contributed by atoms with van der Waals surface area (Å²) < 4.78 is 0. The Morgan fingerprint density at radius 2 is 2.18 bits per heavy atom. The summed E-state index contributed by atoms with van der Waals surface area (Å²) in [6, 6.07) is 0. The first kappa shape index (κ1) is 6.84. The molecule has 0 aromatic carbocycles. The number of nitrogens with zero attached hydrogens (tertiary/aromatic N) is 1. The van der Waals surface area contributed by atoms with Gasteiger partial charge in [0, 0.05) is 12.4 Å². The van der Waals surface area contributed by atoms with Crippen molar-refractivity contribution >= 4 is 0 Å². The number of aromatic nitrogens is 1. The van der Waals surface area contributed by atoms with Gasteiger partial charge in [-0.25, -0.2) is 0 Å². The second-order valence-electron chi connectivity index (χ2n) is 3.61. The van der Waals surface area contributed by atoms with Crippen molar-refractivity contribution < 1.29 is 0 Å². The van der Waals surface area contributed by atoms with Gasteiger partial charge in [0.05, 0.1) is 0 Å². The number of hydrogen-bond acceptors (Lipinski definition) is 1. The molecule has 0 N–H and O–H groups in total. The van der Waals surface area contributed by atoms with Gasteiger partial charge in [0.25, 0.3) is 0 Å². The fraction of sp³-hybridized carbons (Fsp3) is 0.500. The van der Waals surface area contributed by atoms with E-state index in [0.717, 1.165) is 5.92 Å². The molecule has 0 radical (unpaired) electrons. The molecule has 0 amide bonds. The molecule has 0 fully saturated rings. The van der Waals surface area contributed by atoms with Gasteiger partial charge in [-0.1, -0.05) is 6.92 Å². The van der Waals surface area contributed by atoms with E-state index < -0.39 is 0 Å². The van der Waals surface area contributed by atoms with Gasteiger partial charge in [0.2, 0.25) is 0 Å². The molecule has 1 atom stereocenters. The highest BCUT2D eigenvalue weighted by atomic mass is 14.6. The summed E-state index contributed by atoms with van der Waals surface area (Å²) in [4.78, 5) is 4.19. The summed E-state index contributed by atoms with van der Waals surface area (Å²) in [5.41, 5.74) is 4.39. The third kappa shape index (κ3) is 1.05. The summed E-state index contributed by atoms with van der Waals surface area (Å²) in [6.45, 7) is 4.46. The van der Waals surface area contributed by atoms with Crippen LogP contribution in [-0.4, -0.2) is 4.98 Å². The Morgan fingerprint density at radius 3 is 2.91 bits per heavy atom. The topological polar surface area (TPSA) is 12.9 Å². The van der Waals surface area contributed by atoms with E-state index in [1.807, 2.05) is 12.4 Å². The quantitative estimate of drug-likeness (QED) is 0.547. The molecule has 58 valence electrons. The number of hydrogen-bond donors (Lipinski definition) is 0. The van der Waals surface area contributed by atoms with Gasteiger partial charge in [-0.2, -0.15) is 0 Å². The van der Waals surface area contributed by atoms with Crippen molar-refractivity contribution in [3.8, 4) is 0 Å². The van der Waals surface area contributed by atoms with Gasteiger partial charge in [0.15, 0.2) is 0 Å². The third-order valence-electron chi connectivity index (χ3n) is 2.48. The lowest BCUT2D eigenvalue weighted by Gasteiger charge is -2.00. The summed E-state index contributed by atoms with van der Waals surface area (Å²) in [6.07, 6.45) is 6.47. The van der Waals surface area contributed by atoms with Crippen molar-refractivity contribution in [3.63, 3.8) is 0 Å². The number of rotatable bonds is 0. The monoisotopic (exact) mass is 147 g/mol. The molecule has 1 nitrogen and oxygen atoms in total. The lowest BCUT2D eigenvalue weighted by atomic mass is 10.1. The van der Waals surface area contributed by atoms with E-state index in [4.69, 9.17) is 0 Å². The molecule has 0 aliphatic heterocycles. The summed E-state index contributed by atoms with van der Waals surface area (Å²) in [5, 5.41) is 0. The average molecular weight is 147 g/mol. The standard InChI is InChI=1S/C10H13N/c1-7-3-9-6-11-5-8(2)10(9)4-7/h5-7H,3-4H2,1-2H3. The van der Waals surface area contributed by atoms with Crippen LogP contribution in [0.25, 0.3) is 0 Å². The molecular weight excluding hydrogens is 134 g/mol. The summed E-state index contributed by atoms with van der Waals surface area (Å²) >= 11 is 0. The molecular formula is C10H13N. The zero-order chi connectivity index (χ0) is 7.84. The zero-order valence-corrected chi connectivity index (χ0v) is 7.09. The highest BCUT2D eigenvalue weighted by molar-refractivity contribution is 5.35. The average Bonchev–Trinajstić information content (AvgIpc) is 2.31.